The van der Waals surface area contributed by atoms with Crippen molar-refractivity contribution in [3.05, 3.63) is 46.8 Å². The van der Waals surface area contributed by atoms with Gasteiger partial charge in [-0.1, -0.05) is 11.2 Å². The maximum atomic E-state index is 11.1. The predicted octanol–water partition coefficient (Wildman–Crippen LogP) is 2.86. The predicted molar refractivity (Wildman–Crippen MR) is 77.0 cm³/mol. The van der Waals surface area contributed by atoms with Crippen LogP contribution in [-0.4, -0.2) is 32.3 Å². The molecule has 0 spiro atoms. The molecule has 22 heavy (non-hydrogen) atoms. The van der Waals surface area contributed by atoms with Gasteiger partial charge in [0.15, 0.2) is 0 Å². The molecule has 2 aromatic heterocycles. The van der Waals surface area contributed by atoms with E-state index in [9.17, 15) is 9.59 Å². The molecule has 0 aliphatic rings. The number of rotatable bonds is 4. The molecule has 0 saturated carbocycles. The van der Waals surface area contributed by atoms with Crippen LogP contribution < -0.4 is 0 Å². The van der Waals surface area contributed by atoms with E-state index in [2.05, 4.69) is 10.1 Å². The first-order valence-corrected chi connectivity index (χ1v) is 6.92. The molecular formula is C14H8N2O5S. The molecule has 1 aromatic carbocycles. The lowest BCUT2D eigenvalue weighted by molar-refractivity contribution is 0.0696. The number of hydrogen-bond donors (Lipinski definition) is 2. The van der Waals surface area contributed by atoms with Crippen LogP contribution >= 0.6 is 11.3 Å². The molecule has 0 aliphatic carbocycles. The highest BCUT2D eigenvalue weighted by atomic mass is 32.1. The molecule has 3 rings (SSSR count). The van der Waals surface area contributed by atoms with E-state index in [-0.39, 0.29) is 22.6 Å². The van der Waals surface area contributed by atoms with E-state index in [1.54, 1.807) is 0 Å². The number of carboxylic acid groups (broad SMARTS) is 2. The fourth-order valence-corrected chi connectivity index (χ4v) is 2.49. The summed E-state index contributed by atoms with van der Waals surface area (Å²) in [6.07, 6.45) is 0. The summed E-state index contributed by atoms with van der Waals surface area (Å²) in [7, 11) is 0. The maximum absolute atomic E-state index is 11.1. The first-order chi connectivity index (χ1) is 10.5. The Balaban J connectivity index is 2.08. The third kappa shape index (κ3) is 2.59. The quantitative estimate of drug-likeness (QED) is 0.760. The number of aromatic nitrogens is 2. The smallest absolute Gasteiger partial charge is 0.335 e. The zero-order chi connectivity index (χ0) is 15.7. The molecule has 0 fully saturated rings. The van der Waals surface area contributed by atoms with Crippen molar-refractivity contribution in [2.45, 2.75) is 0 Å². The van der Waals surface area contributed by atoms with Gasteiger partial charge >= 0.3 is 11.9 Å². The molecule has 0 saturated heterocycles. The third-order valence-corrected chi connectivity index (χ3v) is 3.71. The number of thiophene rings is 1. The fourth-order valence-electron chi connectivity index (χ4n) is 1.84. The van der Waals surface area contributed by atoms with E-state index in [1.807, 2.05) is 17.5 Å². The van der Waals surface area contributed by atoms with E-state index in [4.69, 9.17) is 14.7 Å². The van der Waals surface area contributed by atoms with Crippen LogP contribution in [-0.2, 0) is 0 Å². The molecule has 0 bridgehead atoms. The van der Waals surface area contributed by atoms with Gasteiger partial charge in [-0.15, -0.1) is 11.3 Å². The summed E-state index contributed by atoms with van der Waals surface area (Å²) >= 11 is 1.43. The Morgan fingerprint density at radius 2 is 1.77 bits per heavy atom. The Morgan fingerprint density at radius 1 is 1.09 bits per heavy atom. The Bertz CT molecular complexity index is 822. The van der Waals surface area contributed by atoms with Gasteiger partial charge in [-0.2, -0.15) is 4.98 Å². The van der Waals surface area contributed by atoms with Crippen molar-refractivity contribution in [1.82, 2.24) is 10.1 Å². The lowest BCUT2D eigenvalue weighted by atomic mass is 10.1. The highest BCUT2D eigenvalue weighted by Gasteiger charge is 2.17. The summed E-state index contributed by atoms with van der Waals surface area (Å²) in [4.78, 5) is 27.2. The number of nitrogens with zero attached hydrogens (tertiary/aromatic N) is 2. The normalized spacial score (nSPS) is 10.5. The molecule has 0 unspecified atom stereocenters. The van der Waals surface area contributed by atoms with Gasteiger partial charge < -0.3 is 14.7 Å². The van der Waals surface area contributed by atoms with Gasteiger partial charge in [0.25, 0.3) is 5.89 Å². The summed E-state index contributed by atoms with van der Waals surface area (Å²) < 4.78 is 5.10. The highest BCUT2D eigenvalue weighted by molar-refractivity contribution is 7.13. The van der Waals surface area contributed by atoms with Gasteiger partial charge in [-0.3, -0.25) is 0 Å². The summed E-state index contributed by atoms with van der Waals surface area (Å²) in [6, 6.07) is 7.31. The molecule has 0 radical (unpaired) electrons. The van der Waals surface area contributed by atoms with Gasteiger partial charge in [-0.05, 0) is 29.6 Å². The monoisotopic (exact) mass is 316 g/mol. The second-order valence-electron chi connectivity index (χ2n) is 4.31. The SMILES string of the molecule is O=C(O)c1cc(C(=O)O)cc(-c2nc(-c3cccs3)no2)c1. The van der Waals surface area contributed by atoms with Crippen molar-refractivity contribution in [2.24, 2.45) is 0 Å². The maximum Gasteiger partial charge on any atom is 0.335 e. The van der Waals surface area contributed by atoms with Gasteiger partial charge in [0, 0.05) is 5.56 Å². The summed E-state index contributed by atoms with van der Waals surface area (Å²) in [5.74, 6) is -2.04. The van der Waals surface area contributed by atoms with E-state index in [0.29, 0.717) is 5.82 Å². The van der Waals surface area contributed by atoms with Crippen molar-refractivity contribution in [1.29, 1.82) is 0 Å². The fraction of sp³-hybridized carbons (Fsp3) is 0. The second kappa shape index (κ2) is 5.41. The third-order valence-electron chi connectivity index (χ3n) is 2.84. The summed E-state index contributed by atoms with van der Waals surface area (Å²) in [5.41, 5.74) is -0.0795. The first-order valence-electron chi connectivity index (χ1n) is 6.04. The minimum Gasteiger partial charge on any atom is -0.478 e. The zero-order valence-corrected chi connectivity index (χ0v) is 11.7. The van der Waals surface area contributed by atoms with E-state index in [0.717, 1.165) is 10.9 Å². The number of benzene rings is 1. The summed E-state index contributed by atoms with van der Waals surface area (Å²) in [6.45, 7) is 0. The van der Waals surface area contributed by atoms with Crippen molar-refractivity contribution in [2.75, 3.05) is 0 Å². The number of carbonyl (C=O) groups is 2. The van der Waals surface area contributed by atoms with Crippen LogP contribution in [0.15, 0.2) is 40.2 Å². The number of hydrogen-bond acceptors (Lipinski definition) is 6. The number of aromatic carboxylic acids is 2. The average molecular weight is 316 g/mol. The zero-order valence-electron chi connectivity index (χ0n) is 10.9. The molecule has 2 N–H and O–H groups in total. The van der Waals surface area contributed by atoms with Gasteiger partial charge in [0.2, 0.25) is 5.82 Å². The Labute approximate surface area is 127 Å². The first kappa shape index (κ1) is 14.0. The minimum absolute atomic E-state index is 0.0639. The molecule has 110 valence electrons. The average Bonchev–Trinajstić information content (AvgIpc) is 3.17. The number of carboxylic acids is 2. The lowest BCUT2D eigenvalue weighted by Gasteiger charge is -2.01. The largest absolute Gasteiger partial charge is 0.478 e. The van der Waals surface area contributed by atoms with Crippen LogP contribution in [0.1, 0.15) is 20.7 Å². The van der Waals surface area contributed by atoms with Gasteiger partial charge in [0.1, 0.15) is 0 Å². The lowest BCUT2D eigenvalue weighted by Crippen LogP contribution is -2.03. The molecule has 0 amide bonds. The van der Waals surface area contributed by atoms with Crippen LogP contribution in [0.5, 0.6) is 0 Å². The van der Waals surface area contributed by atoms with Crippen molar-refractivity contribution in [3.8, 4) is 22.2 Å². The minimum atomic E-state index is -1.23. The second-order valence-corrected chi connectivity index (χ2v) is 5.26. The van der Waals surface area contributed by atoms with Crippen LogP contribution in [0, 0.1) is 0 Å². The molecular weight excluding hydrogens is 308 g/mol. The van der Waals surface area contributed by atoms with Crippen LogP contribution in [0.3, 0.4) is 0 Å². The van der Waals surface area contributed by atoms with E-state index >= 15 is 0 Å². The van der Waals surface area contributed by atoms with Crippen LogP contribution in [0.4, 0.5) is 0 Å². The highest BCUT2D eigenvalue weighted by Crippen LogP contribution is 2.26. The van der Waals surface area contributed by atoms with Crippen LogP contribution in [0.2, 0.25) is 0 Å². The summed E-state index contributed by atoms with van der Waals surface area (Å²) in [5, 5.41) is 23.8. The Morgan fingerprint density at radius 3 is 2.32 bits per heavy atom. The van der Waals surface area contributed by atoms with Crippen molar-refractivity contribution < 1.29 is 24.3 Å². The Kier molecular flexibility index (Phi) is 3.43. The molecule has 7 nitrogen and oxygen atoms in total. The standard InChI is InChI=1S/C14H8N2O5S/c17-13(18)8-4-7(5-9(6-8)14(19)20)12-15-11(16-21-12)10-2-1-3-22-10/h1-6H,(H,17,18)(H,19,20). The molecule has 2 heterocycles. The molecule has 3 aromatic rings. The van der Waals surface area contributed by atoms with E-state index < -0.39 is 11.9 Å². The molecule has 0 atom stereocenters. The Hall–Kier alpha value is -3.00. The molecule has 0 aliphatic heterocycles. The van der Waals surface area contributed by atoms with Crippen LogP contribution in [0.25, 0.3) is 22.2 Å². The van der Waals surface area contributed by atoms with Gasteiger partial charge in [0.05, 0.1) is 16.0 Å². The molecule has 8 heteroatoms. The topological polar surface area (TPSA) is 114 Å². The van der Waals surface area contributed by atoms with E-state index in [1.165, 1.54) is 23.5 Å². The van der Waals surface area contributed by atoms with Crippen molar-refractivity contribution in [3.63, 3.8) is 0 Å². The van der Waals surface area contributed by atoms with Crippen molar-refractivity contribution >= 4 is 23.3 Å². The van der Waals surface area contributed by atoms with Gasteiger partial charge in [-0.25, -0.2) is 9.59 Å².